The summed E-state index contributed by atoms with van der Waals surface area (Å²) < 4.78 is 12.7. The van der Waals surface area contributed by atoms with Gasteiger partial charge in [-0.1, -0.05) is 188 Å². The Balaban J connectivity index is 0.000000138. The van der Waals surface area contributed by atoms with Crippen molar-refractivity contribution >= 4 is 120 Å². The molecule has 0 atom stereocenters. The minimum Gasteiger partial charge on any atom is -0.456 e. The molecule has 0 aliphatic rings. The van der Waals surface area contributed by atoms with E-state index >= 15 is 0 Å². The second kappa shape index (κ2) is 25.7. The van der Waals surface area contributed by atoms with Crippen LogP contribution in [-0.4, -0.2) is 43.4 Å². The summed E-state index contributed by atoms with van der Waals surface area (Å²) in [5.74, 6) is 3.20. The van der Waals surface area contributed by atoms with Gasteiger partial charge in [0.2, 0.25) is 0 Å². The average molecular weight is 1150 g/mol. The lowest BCUT2D eigenvalue weighted by atomic mass is 9.79. The summed E-state index contributed by atoms with van der Waals surface area (Å²) in [7, 11) is -1.51. The van der Waals surface area contributed by atoms with Crippen LogP contribution in [0.3, 0.4) is 0 Å². The van der Waals surface area contributed by atoms with Gasteiger partial charge < -0.3 is 18.9 Å². The molecule has 0 spiro atoms. The SMILES string of the molecule is Brc1cccc(N(c2ccccc2)c2cccc(-c3ccccc3)n2)n1.CS.OB(O)c1cccc2c1oc1ccccc12.c1ccc(-c2cccc(N(c3ccccc3)c3cccc(-c4cccc5c4oc4ccccc45)n3)n2)cc1. The molecule has 82 heavy (non-hydrogen) atoms. The fourth-order valence-corrected chi connectivity index (χ4v) is 10.0. The smallest absolute Gasteiger partial charge is 0.456 e. The van der Waals surface area contributed by atoms with Crippen LogP contribution in [-0.2, 0) is 0 Å². The Hall–Kier alpha value is -9.63. The van der Waals surface area contributed by atoms with E-state index < -0.39 is 7.12 Å². The van der Waals surface area contributed by atoms with Gasteiger partial charge in [0.15, 0.2) is 0 Å². The quantitative estimate of drug-likeness (QED) is 0.0693. The van der Waals surface area contributed by atoms with Crippen LogP contribution in [0.1, 0.15) is 0 Å². The number of anilines is 6. The molecule has 10 nitrogen and oxygen atoms in total. The maximum Gasteiger partial charge on any atom is 0.492 e. The molecule has 0 saturated heterocycles. The van der Waals surface area contributed by atoms with Gasteiger partial charge in [0.1, 0.15) is 50.2 Å². The van der Waals surface area contributed by atoms with Gasteiger partial charge >= 0.3 is 7.12 Å². The molecule has 2 N–H and O–H groups in total. The normalized spacial score (nSPS) is 10.7. The molecule has 0 fully saturated rings. The molecule has 0 aliphatic carbocycles. The fourth-order valence-electron chi connectivity index (χ4n) is 9.69. The highest BCUT2D eigenvalue weighted by molar-refractivity contribution is 9.10. The van der Waals surface area contributed by atoms with E-state index in [4.69, 9.17) is 23.8 Å². The van der Waals surface area contributed by atoms with Crippen LogP contribution in [0.25, 0.3) is 77.6 Å². The fraction of sp³-hybridized carbons (Fsp3) is 0.0145. The largest absolute Gasteiger partial charge is 0.492 e. The highest BCUT2D eigenvalue weighted by atomic mass is 79.9. The van der Waals surface area contributed by atoms with Gasteiger partial charge in [-0.3, -0.25) is 9.80 Å². The summed E-state index contributed by atoms with van der Waals surface area (Å²) in [4.78, 5) is 23.9. The zero-order valence-electron chi connectivity index (χ0n) is 44.4. The van der Waals surface area contributed by atoms with Crippen molar-refractivity contribution in [1.82, 2.24) is 19.9 Å². The number of benzene rings is 8. The molecule has 398 valence electrons. The van der Waals surface area contributed by atoms with Crippen molar-refractivity contribution in [2.24, 2.45) is 0 Å². The topological polar surface area (TPSA) is 125 Å². The summed E-state index contributed by atoms with van der Waals surface area (Å²) in [6.07, 6.45) is 1.69. The first kappa shape index (κ1) is 54.3. The third kappa shape index (κ3) is 11.9. The highest BCUT2D eigenvalue weighted by Crippen LogP contribution is 2.39. The van der Waals surface area contributed by atoms with E-state index in [1.165, 1.54) is 0 Å². The van der Waals surface area contributed by atoms with Gasteiger partial charge in [0, 0.05) is 55.1 Å². The van der Waals surface area contributed by atoms with Crippen LogP contribution in [0.2, 0.25) is 0 Å². The lowest BCUT2D eigenvalue weighted by Gasteiger charge is -2.24. The molecule has 6 heterocycles. The van der Waals surface area contributed by atoms with Crippen molar-refractivity contribution in [1.29, 1.82) is 0 Å². The molecule has 13 heteroatoms. The standard InChI is InChI=1S/C34H23N3O.C22H16BrN3.C12H9BO3.CH4S/c1-3-12-24(13-4-1)29-19-10-22-32(35-29)37(25-14-5-2-6-15-25)33-23-11-20-30(36-33)28-18-9-17-27-26-16-7-8-21-31(26)38-34(27)28;23-20-14-8-16-22(25-20)26(18-11-5-2-6-12-18)21-15-7-13-19(24-21)17-9-3-1-4-10-17;14-13(15)10-6-3-5-9-8-4-1-2-7-11(8)16-12(9)10;1-2/h1-23H;1-16H;1-7,14-15H;2H,1H3. The minimum absolute atomic E-state index is 0.397. The van der Waals surface area contributed by atoms with E-state index in [1.807, 2.05) is 194 Å². The third-order valence-corrected chi connectivity index (χ3v) is 13.8. The van der Waals surface area contributed by atoms with Crippen LogP contribution in [0, 0.1) is 0 Å². The molecule has 6 aromatic heterocycles. The minimum atomic E-state index is -1.51. The Morgan fingerprint density at radius 3 is 1.21 bits per heavy atom. The van der Waals surface area contributed by atoms with Gasteiger partial charge in [-0.05, 0) is 113 Å². The zero-order chi connectivity index (χ0) is 56.2. The number of furan rings is 2. The van der Waals surface area contributed by atoms with Crippen LogP contribution in [0.15, 0.2) is 292 Å². The maximum atomic E-state index is 9.24. The Morgan fingerprint density at radius 1 is 0.354 bits per heavy atom. The van der Waals surface area contributed by atoms with E-state index in [2.05, 4.69) is 116 Å². The molecule has 0 aliphatic heterocycles. The molecule has 0 amide bonds. The van der Waals surface area contributed by atoms with Gasteiger partial charge in [-0.2, -0.15) is 12.6 Å². The number of hydrogen-bond acceptors (Lipinski definition) is 11. The van der Waals surface area contributed by atoms with Crippen molar-refractivity contribution < 1.29 is 18.9 Å². The van der Waals surface area contributed by atoms with Gasteiger partial charge in [-0.15, -0.1) is 0 Å². The Kier molecular flexibility index (Phi) is 17.0. The van der Waals surface area contributed by atoms with E-state index in [1.54, 1.807) is 18.4 Å². The van der Waals surface area contributed by atoms with Crippen molar-refractivity contribution in [3.63, 3.8) is 0 Å². The number of rotatable bonds is 10. The van der Waals surface area contributed by atoms with Crippen LogP contribution in [0.5, 0.6) is 0 Å². The summed E-state index contributed by atoms with van der Waals surface area (Å²) in [5, 5.41) is 22.6. The Morgan fingerprint density at radius 2 is 0.720 bits per heavy atom. The highest BCUT2D eigenvalue weighted by Gasteiger charge is 2.21. The van der Waals surface area contributed by atoms with Gasteiger partial charge in [0.25, 0.3) is 0 Å². The number of pyridine rings is 4. The van der Waals surface area contributed by atoms with Crippen LogP contribution < -0.4 is 15.3 Å². The number of halogens is 1. The number of aromatic nitrogens is 4. The molecular formula is C69H52BBrN6O4S. The maximum absolute atomic E-state index is 9.24. The number of nitrogens with zero attached hydrogens (tertiary/aromatic N) is 6. The zero-order valence-corrected chi connectivity index (χ0v) is 46.8. The molecule has 14 rings (SSSR count). The van der Waals surface area contributed by atoms with E-state index in [0.29, 0.717) is 11.0 Å². The van der Waals surface area contributed by atoms with Gasteiger partial charge in [-0.25, -0.2) is 19.9 Å². The molecule has 0 bridgehead atoms. The monoisotopic (exact) mass is 1150 g/mol. The van der Waals surface area contributed by atoms with Crippen molar-refractivity contribution in [3.05, 3.63) is 284 Å². The number of thiol groups is 1. The van der Waals surface area contributed by atoms with Crippen molar-refractivity contribution in [2.75, 3.05) is 16.1 Å². The van der Waals surface area contributed by atoms with Crippen LogP contribution >= 0.6 is 28.6 Å². The third-order valence-electron chi connectivity index (χ3n) is 13.4. The molecule has 0 unspecified atom stereocenters. The summed E-state index contributed by atoms with van der Waals surface area (Å²) in [6.45, 7) is 0. The second-order valence-corrected chi connectivity index (χ2v) is 19.3. The predicted octanol–water partition coefficient (Wildman–Crippen LogP) is 17.4. The first-order valence-corrected chi connectivity index (χ1v) is 28.1. The molecular weight excluding hydrogens is 1100 g/mol. The first-order valence-electron chi connectivity index (χ1n) is 26.4. The molecule has 8 aromatic carbocycles. The van der Waals surface area contributed by atoms with E-state index in [-0.39, 0.29) is 0 Å². The Bertz CT molecular complexity index is 4400. The summed E-state index contributed by atoms with van der Waals surface area (Å²) in [5.41, 5.74) is 11.2. The summed E-state index contributed by atoms with van der Waals surface area (Å²) >= 11 is 7.00. The van der Waals surface area contributed by atoms with Crippen molar-refractivity contribution in [3.8, 4) is 33.8 Å². The van der Waals surface area contributed by atoms with E-state index in [0.717, 1.165) is 111 Å². The van der Waals surface area contributed by atoms with Crippen LogP contribution in [0.4, 0.5) is 34.6 Å². The lowest BCUT2D eigenvalue weighted by Crippen LogP contribution is -2.29. The first-order chi connectivity index (χ1) is 40.4. The average Bonchev–Trinajstić information content (AvgIpc) is 4.31. The van der Waals surface area contributed by atoms with E-state index in [9.17, 15) is 10.0 Å². The second-order valence-electron chi connectivity index (χ2n) is 18.5. The molecule has 14 aromatic rings. The number of para-hydroxylation sites is 6. The number of fused-ring (bicyclic) bond motifs is 6. The van der Waals surface area contributed by atoms with Gasteiger partial charge in [0.05, 0.1) is 17.1 Å². The van der Waals surface area contributed by atoms with Crippen molar-refractivity contribution in [2.45, 2.75) is 0 Å². The molecule has 0 radical (unpaired) electrons. The predicted molar refractivity (Wildman–Crippen MR) is 343 cm³/mol. The lowest BCUT2D eigenvalue weighted by molar-refractivity contribution is 0.425. The molecule has 0 saturated carbocycles. The number of hydrogen-bond donors (Lipinski definition) is 3. The Labute approximate surface area is 489 Å². The summed E-state index contributed by atoms with van der Waals surface area (Å²) in [6, 6.07) is 92.2.